The van der Waals surface area contributed by atoms with Gasteiger partial charge in [0.05, 0.1) is 0 Å². The van der Waals surface area contributed by atoms with Gasteiger partial charge in [-0.05, 0) is 41.3 Å². The van der Waals surface area contributed by atoms with Gasteiger partial charge < -0.3 is 10.2 Å². The predicted octanol–water partition coefficient (Wildman–Crippen LogP) is 3.92. The topological polar surface area (TPSA) is 87.5 Å². The lowest BCUT2D eigenvalue weighted by Crippen LogP contribution is -2.13. The zero-order valence-corrected chi connectivity index (χ0v) is 13.2. The number of aromatic nitrogens is 1. The van der Waals surface area contributed by atoms with E-state index in [0.717, 1.165) is 16.3 Å². The predicted molar refractivity (Wildman–Crippen MR) is 90.6 cm³/mol. The zero-order valence-electron chi connectivity index (χ0n) is 13.2. The number of carboxylic acid groups (broad SMARTS) is 2. The lowest BCUT2D eigenvalue weighted by molar-refractivity contribution is 0.0685. The number of fused-ring (bicyclic) bond motifs is 1. The van der Waals surface area contributed by atoms with E-state index in [4.69, 9.17) is 0 Å². The van der Waals surface area contributed by atoms with E-state index in [-0.39, 0.29) is 11.4 Å². The third-order valence-electron chi connectivity index (χ3n) is 4.22. The van der Waals surface area contributed by atoms with Crippen LogP contribution in [0.3, 0.4) is 0 Å². The van der Waals surface area contributed by atoms with Crippen molar-refractivity contribution in [2.24, 2.45) is 0 Å². The first-order valence-electron chi connectivity index (χ1n) is 7.37. The molecule has 120 valence electrons. The van der Waals surface area contributed by atoms with Crippen molar-refractivity contribution in [3.63, 3.8) is 0 Å². The molecule has 0 fully saturated rings. The van der Waals surface area contributed by atoms with Gasteiger partial charge in [-0.15, -0.1) is 0 Å². The fourth-order valence-electron chi connectivity index (χ4n) is 2.93. The van der Waals surface area contributed by atoms with Crippen LogP contribution in [0, 0.1) is 13.8 Å². The van der Waals surface area contributed by atoms with Crippen LogP contribution >= 0.6 is 0 Å². The second-order valence-corrected chi connectivity index (χ2v) is 5.57. The van der Waals surface area contributed by atoms with Crippen LogP contribution in [0.4, 0.5) is 0 Å². The minimum Gasteiger partial charge on any atom is -0.477 e. The van der Waals surface area contributed by atoms with Crippen molar-refractivity contribution < 1.29 is 19.8 Å². The molecule has 1 heterocycles. The average Bonchev–Trinajstić information content (AvgIpc) is 2.56. The van der Waals surface area contributed by atoms with Crippen LogP contribution in [0.15, 0.2) is 42.5 Å². The summed E-state index contributed by atoms with van der Waals surface area (Å²) in [6.45, 7) is 3.37. The summed E-state index contributed by atoms with van der Waals surface area (Å²) in [5.74, 6) is -2.48. The maximum Gasteiger partial charge on any atom is 0.355 e. The van der Waals surface area contributed by atoms with E-state index in [1.807, 2.05) is 42.5 Å². The zero-order chi connectivity index (χ0) is 17.4. The number of carboxylic acids is 2. The number of benzene rings is 2. The largest absolute Gasteiger partial charge is 0.477 e. The van der Waals surface area contributed by atoms with E-state index in [0.29, 0.717) is 16.7 Å². The highest BCUT2D eigenvalue weighted by Crippen LogP contribution is 2.35. The highest BCUT2D eigenvalue weighted by atomic mass is 16.4. The molecule has 5 nitrogen and oxygen atoms in total. The highest BCUT2D eigenvalue weighted by molar-refractivity contribution is 6.04. The molecule has 0 aliphatic rings. The summed E-state index contributed by atoms with van der Waals surface area (Å²) >= 11 is 0. The molecule has 0 aliphatic carbocycles. The first kappa shape index (κ1) is 15.7. The van der Waals surface area contributed by atoms with E-state index in [1.54, 1.807) is 13.8 Å². The smallest absolute Gasteiger partial charge is 0.355 e. The fourth-order valence-corrected chi connectivity index (χ4v) is 2.93. The molecular formula is C19H15NO4. The number of hydrogen-bond donors (Lipinski definition) is 2. The fraction of sp³-hybridized carbons (Fsp3) is 0.105. The average molecular weight is 321 g/mol. The van der Waals surface area contributed by atoms with Gasteiger partial charge in [-0.3, -0.25) is 0 Å². The molecule has 0 saturated heterocycles. The van der Waals surface area contributed by atoms with Crippen molar-refractivity contribution in [3.8, 4) is 11.1 Å². The van der Waals surface area contributed by atoms with Crippen molar-refractivity contribution in [1.29, 1.82) is 0 Å². The Kier molecular flexibility index (Phi) is 3.77. The van der Waals surface area contributed by atoms with Gasteiger partial charge in [-0.1, -0.05) is 42.5 Å². The molecule has 5 heteroatoms. The SMILES string of the molecule is Cc1c(C(=O)O)nc(C(=O)O)c(-c2cccc3ccccc23)c1C. The van der Waals surface area contributed by atoms with Crippen molar-refractivity contribution in [3.05, 3.63) is 65.0 Å². The molecule has 0 radical (unpaired) electrons. The molecule has 24 heavy (non-hydrogen) atoms. The molecule has 3 aromatic rings. The molecule has 0 aliphatic heterocycles. The number of carbonyl (C=O) groups is 2. The number of nitrogens with zero attached hydrogens (tertiary/aromatic N) is 1. The first-order valence-corrected chi connectivity index (χ1v) is 7.37. The second-order valence-electron chi connectivity index (χ2n) is 5.57. The number of hydrogen-bond acceptors (Lipinski definition) is 3. The number of rotatable bonds is 3. The highest BCUT2D eigenvalue weighted by Gasteiger charge is 2.24. The second kappa shape index (κ2) is 5.77. The standard InChI is InChI=1S/C19H15NO4/c1-10-11(2)16(18(21)22)20-17(19(23)24)15(10)14-9-5-7-12-6-3-4-8-13(12)14/h3-9H,1-2H3,(H,21,22)(H,23,24). The number of aromatic carboxylic acids is 2. The molecule has 2 aromatic carbocycles. The van der Waals surface area contributed by atoms with Crippen LogP contribution in [0.1, 0.15) is 32.1 Å². The maximum absolute atomic E-state index is 11.7. The van der Waals surface area contributed by atoms with Gasteiger partial charge in [0.1, 0.15) is 0 Å². The van der Waals surface area contributed by atoms with Gasteiger partial charge in [0.25, 0.3) is 0 Å². The Hall–Kier alpha value is -3.21. The number of pyridine rings is 1. The molecule has 0 saturated carbocycles. The monoisotopic (exact) mass is 321 g/mol. The van der Waals surface area contributed by atoms with Crippen LogP contribution in [-0.2, 0) is 0 Å². The summed E-state index contributed by atoms with van der Waals surface area (Å²) in [5.41, 5.74) is 1.80. The normalized spacial score (nSPS) is 10.8. The van der Waals surface area contributed by atoms with E-state index >= 15 is 0 Å². The van der Waals surface area contributed by atoms with Gasteiger partial charge in [0.2, 0.25) is 0 Å². The summed E-state index contributed by atoms with van der Waals surface area (Å²) < 4.78 is 0. The summed E-state index contributed by atoms with van der Waals surface area (Å²) in [6, 6.07) is 13.3. The Morgan fingerprint density at radius 3 is 2.12 bits per heavy atom. The first-order chi connectivity index (χ1) is 11.4. The van der Waals surface area contributed by atoms with Crippen molar-refractivity contribution >= 4 is 22.7 Å². The van der Waals surface area contributed by atoms with Gasteiger partial charge in [0, 0.05) is 5.56 Å². The maximum atomic E-state index is 11.7. The van der Waals surface area contributed by atoms with E-state index in [2.05, 4.69) is 4.98 Å². The minimum absolute atomic E-state index is 0.228. The van der Waals surface area contributed by atoms with Gasteiger partial charge in [-0.2, -0.15) is 0 Å². The Morgan fingerprint density at radius 1 is 0.833 bits per heavy atom. The van der Waals surface area contributed by atoms with Gasteiger partial charge in [0.15, 0.2) is 11.4 Å². The molecule has 0 atom stereocenters. The molecule has 0 bridgehead atoms. The van der Waals surface area contributed by atoms with E-state index < -0.39 is 11.9 Å². The van der Waals surface area contributed by atoms with Crippen LogP contribution in [-0.4, -0.2) is 27.1 Å². The summed E-state index contributed by atoms with van der Waals surface area (Å²) in [4.78, 5) is 27.0. The lowest BCUT2D eigenvalue weighted by Gasteiger charge is -2.16. The molecule has 0 unspecified atom stereocenters. The van der Waals surface area contributed by atoms with Crippen molar-refractivity contribution in [1.82, 2.24) is 4.98 Å². The van der Waals surface area contributed by atoms with Crippen molar-refractivity contribution in [2.45, 2.75) is 13.8 Å². The van der Waals surface area contributed by atoms with Crippen molar-refractivity contribution in [2.75, 3.05) is 0 Å². The van der Waals surface area contributed by atoms with Crippen LogP contribution in [0.5, 0.6) is 0 Å². The van der Waals surface area contributed by atoms with E-state index in [9.17, 15) is 19.8 Å². The molecule has 2 N–H and O–H groups in total. The molecule has 1 aromatic heterocycles. The summed E-state index contributed by atoms with van der Waals surface area (Å²) in [5, 5.41) is 20.7. The quantitative estimate of drug-likeness (QED) is 0.763. The van der Waals surface area contributed by atoms with E-state index in [1.165, 1.54) is 0 Å². The Labute approximate surface area is 138 Å². The van der Waals surface area contributed by atoms with Gasteiger partial charge >= 0.3 is 11.9 Å². The van der Waals surface area contributed by atoms with Crippen LogP contribution in [0.25, 0.3) is 21.9 Å². The summed E-state index contributed by atoms with van der Waals surface area (Å²) in [7, 11) is 0. The Morgan fingerprint density at radius 2 is 1.46 bits per heavy atom. The Bertz CT molecular complexity index is 987. The molecular weight excluding hydrogens is 306 g/mol. The Balaban J connectivity index is 2.45. The van der Waals surface area contributed by atoms with Crippen LogP contribution in [0.2, 0.25) is 0 Å². The van der Waals surface area contributed by atoms with Gasteiger partial charge in [-0.25, -0.2) is 14.6 Å². The summed E-state index contributed by atoms with van der Waals surface area (Å²) in [6.07, 6.45) is 0. The minimum atomic E-state index is -1.25. The third kappa shape index (κ3) is 2.40. The molecule has 0 amide bonds. The molecule has 0 spiro atoms. The lowest BCUT2D eigenvalue weighted by atomic mass is 9.91. The molecule has 3 rings (SSSR count). The van der Waals surface area contributed by atoms with Crippen LogP contribution < -0.4 is 0 Å². The third-order valence-corrected chi connectivity index (χ3v) is 4.22.